The van der Waals surface area contributed by atoms with E-state index < -0.39 is 0 Å². The lowest BCUT2D eigenvalue weighted by Crippen LogP contribution is -2.25. The van der Waals surface area contributed by atoms with Crippen molar-refractivity contribution in [3.8, 4) is 0 Å². The summed E-state index contributed by atoms with van der Waals surface area (Å²) in [5.41, 5.74) is 3.97. The van der Waals surface area contributed by atoms with Crippen LogP contribution in [0.1, 0.15) is 36.7 Å². The predicted molar refractivity (Wildman–Crippen MR) is 72.5 cm³/mol. The summed E-state index contributed by atoms with van der Waals surface area (Å²) in [6.45, 7) is 8.30. The first-order valence-corrected chi connectivity index (χ1v) is 7.00. The highest BCUT2D eigenvalue weighted by molar-refractivity contribution is 7.08. The second-order valence-corrected chi connectivity index (χ2v) is 4.82. The molecule has 0 radical (unpaired) electrons. The second kappa shape index (κ2) is 5.47. The molecule has 0 saturated carbocycles. The molecule has 2 rings (SSSR count). The number of hydrogen-bond acceptors (Lipinski definition) is 3. The summed E-state index contributed by atoms with van der Waals surface area (Å²) in [5.74, 6) is 0. The molecule has 2 aromatic heterocycles. The Morgan fingerprint density at radius 3 is 2.82 bits per heavy atom. The van der Waals surface area contributed by atoms with Crippen LogP contribution in [-0.2, 0) is 6.54 Å². The fourth-order valence-electron chi connectivity index (χ4n) is 2.10. The summed E-state index contributed by atoms with van der Waals surface area (Å²) >= 11 is 1.76. The molecule has 2 heterocycles. The summed E-state index contributed by atoms with van der Waals surface area (Å²) in [6, 6.07) is 2.36. The minimum Gasteiger partial charge on any atom is -0.305 e. The molecule has 0 bridgehead atoms. The molecule has 0 spiro atoms. The standard InChI is InChI=1S/C13H19N3S/c1-4-14-13(11-9-17-8-10(11)3)12-6-7-15-16(12)5-2/h6-9,13-14H,4-5H2,1-3H3. The Labute approximate surface area is 106 Å². The van der Waals surface area contributed by atoms with E-state index in [1.807, 2.05) is 6.20 Å². The van der Waals surface area contributed by atoms with Crippen molar-refractivity contribution in [3.05, 3.63) is 39.8 Å². The first-order valence-electron chi connectivity index (χ1n) is 6.05. The largest absolute Gasteiger partial charge is 0.305 e. The normalized spacial score (nSPS) is 12.9. The van der Waals surface area contributed by atoms with Gasteiger partial charge < -0.3 is 5.32 Å². The van der Waals surface area contributed by atoms with E-state index in [0.717, 1.165) is 13.1 Å². The SMILES string of the molecule is CCNC(c1cscc1C)c1ccnn1CC. The smallest absolute Gasteiger partial charge is 0.0758 e. The molecule has 1 atom stereocenters. The highest BCUT2D eigenvalue weighted by atomic mass is 32.1. The highest BCUT2D eigenvalue weighted by Gasteiger charge is 2.19. The van der Waals surface area contributed by atoms with E-state index in [1.54, 1.807) is 11.3 Å². The van der Waals surface area contributed by atoms with Crippen molar-refractivity contribution < 1.29 is 0 Å². The number of hydrogen-bond donors (Lipinski definition) is 1. The molecule has 92 valence electrons. The molecule has 2 aromatic rings. The van der Waals surface area contributed by atoms with Gasteiger partial charge in [0.05, 0.1) is 11.7 Å². The maximum atomic E-state index is 4.36. The number of thiophene rings is 1. The molecule has 1 unspecified atom stereocenters. The van der Waals surface area contributed by atoms with E-state index in [0.29, 0.717) is 0 Å². The molecular weight excluding hydrogens is 230 g/mol. The van der Waals surface area contributed by atoms with Gasteiger partial charge in [-0.1, -0.05) is 6.92 Å². The van der Waals surface area contributed by atoms with Gasteiger partial charge in [0.1, 0.15) is 0 Å². The van der Waals surface area contributed by atoms with Crippen molar-refractivity contribution in [2.24, 2.45) is 0 Å². The third-order valence-corrected chi connectivity index (χ3v) is 3.84. The summed E-state index contributed by atoms with van der Waals surface area (Å²) in [6.07, 6.45) is 1.88. The first-order chi connectivity index (χ1) is 8.27. The van der Waals surface area contributed by atoms with Gasteiger partial charge in [-0.15, -0.1) is 0 Å². The van der Waals surface area contributed by atoms with Crippen LogP contribution in [0.25, 0.3) is 0 Å². The summed E-state index contributed by atoms with van der Waals surface area (Å²) in [5, 5.41) is 12.3. The number of aryl methyl sites for hydroxylation is 2. The van der Waals surface area contributed by atoms with E-state index in [9.17, 15) is 0 Å². The number of nitrogens with one attached hydrogen (secondary N) is 1. The minimum absolute atomic E-state index is 0.258. The van der Waals surface area contributed by atoms with Crippen LogP contribution in [0.5, 0.6) is 0 Å². The van der Waals surface area contributed by atoms with Crippen molar-refractivity contribution in [2.75, 3.05) is 6.54 Å². The van der Waals surface area contributed by atoms with E-state index in [4.69, 9.17) is 0 Å². The summed E-state index contributed by atoms with van der Waals surface area (Å²) < 4.78 is 2.06. The zero-order valence-electron chi connectivity index (χ0n) is 10.6. The lowest BCUT2D eigenvalue weighted by Gasteiger charge is -2.19. The topological polar surface area (TPSA) is 29.9 Å². The van der Waals surface area contributed by atoms with Gasteiger partial charge in [-0.05, 0) is 48.3 Å². The molecule has 3 nitrogen and oxygen atoms in total. The Kier molecular flexibility index (Phi) is 3.97. The summed E-state index contributed by atoms with van der Waals surface area (Å²) in [4.78, 5) is 0. The van der Waals surface area contributed by atoms with Crippen LogP contribution in [0.15, 0.2) is 23.0 Å². The third kappa shape index (κ3) is 2.42. The molecule has 0 fully saturated rings. The molecule has 0 saturated heterocycles. The monoisotopic (exact) mass is 249 g/mol. The molecule has 0 amide bonds. The Hall–Kier alpha value is -1.13. The van der Waals surface area contributed by atoms with Gasteiger partial charge in [0.2, 0.25) is 0 Å². The molecule has 0 aromatic carbocycles. The second-order valence-electron chi connectivity index (χ2n) is 4.07. The molecule has 1 N–H and O–H groups in total. The zero-order chi connectivity index (χ0) is 12.3. The van der Waals surface area contributed by atoms with Gasteiger partial charge >= 0.3 is 0 Å². The molecule has 0 aliphatic carbocycles. The lowest BCUT2D eigenvalue weighted by atomic mass is 10.0. The van der Waals surface area contributed by atoms with E-state index >= 15 is 0 Å². The molecule has 17 heavy (non-hydrogen) atoms. The van der Waals surface area contributed by atoms with Crippen LogP contribution in [0.4, 0.5) is 0 Å². The molecule has 4 heteroatoms. The average molecular weight is 249 g/mol. The predicted octanol–water partition coefficient (Wildman–Crippen LogP) is 2.97. The van der Waals surface area contributed by atoms with Crippen LogP contribution in [0.3, 0.4) is 0 Å². The molecule has 0 aliphatic rings. The van der Waals surface area contributed by atoms with Crippen LogP contribution >= 0.6 is 11.3 Å². The average Bonchev–Trinajstić information content (AvgIpc) is 2.94. The zero-order valence-corrected chi connectivity index (χ0v) is 11.4. The Balaban J connectivity index is 2.39. The molecule has 0 aliphatic heterocycles. The van der Waals surface area contributed by atoms with Crippen molar-refractivity contribution in [1.29, 1.82) is 0 Å². The van der Waals surface area contributed by atoms with Gasteiger partial charge in [-0.25, -0.2) is 0 Å². The van der Waals surface area contributed by atoms with E-state index in [2.05, 4.69) is 52.7 Å². The van der Waals surface area contributed by atoms with Gasteiger partial charge in [0.25, 0.3) is 0 Å². The van der Waals surface area contributed by atoms with Crippen molar-refractivity contribution in [2.45, 2.75) is 33.4 Å². The maximum absolute atomic E-state index is 4.36. The fraction of sp³-hybridized carbons (Fsp3) is 0.462. The third-order valence-electron chi connectivity index (χ3n) is 2.96. The lowest BCUT2D eigenvalue weighted by molar-refractivity contribution is 0.542. The Bertz CT molecular complexity index is 472. The Morgan fingerprint density at radius 1 is 1.41 bits per heavy atom. The van der Waals surface area contributed by atoms with Crippen molar-refractivity contribution >= 4 is 11.3 Å². The summed E-state index contributed by atoms with van der Waals surface area (Å²) in [7, 11) is 0. The molecular formula is C13H19N3S. The van der Waals surface area contributed by atoms with Gasteiger partial charge in [-0.3, -0.25) is 4.68 Å². The number of rotatable bonds is 5. The fourth-order valence-corrected chi connectivity index (χ4v) is 2.97. The minimum atomic E-state index is 0.258. The highest BCUT2D eigenvalue weighted by Crippen LogP contribution is 2.27. The van der Waals surface area contributed by atoms with Gasteiger partial charge in [0, 0.05) is 12.7 Å². The van der Waals surface area contributed by atoms with Crippen LogP contribution < -0.4 is 5.32 Å². The van der Waals surface area contributed by atoms with Gasteiger partial charge in [-0.2, -0.15) is 16.4 Å². The van der Waals surface area contributed by atoms with Crippen molar-refractivity contribution in [3.63, 3.8) is 0 Å². The quantitative estimate of drug-likeness (QED) is 0.883. The van der Waals surface area contributed by atoms with Crippen LogP contribution in [0.2, 0.25) is 0 Å². The van der Waals surface area contributed by atoms with Gasteiger partial charge in [0.15, 0.2) is 0 Å². The number of nitrogens with zero attached hydrogens (tertiary/aromatic N) is 2. The maximum Gasteiger partial charge on any atom is 0.0758 e. The van der Waals surface area contributed by atoms with Crippen molar-refractivity contribution in [1.82, 2.24) is 15.1 Å². The number of aromatic nitrogens is 2. The Morgan fingerprint density at radius 2 is 2.24 bits per heavy atom. The van der Waals surface area contributed by atoms with E-state index in [1.165, 1.54) is 16.8 Å². The first kappa shape index (κ1) is 12.3. The van der Waals surface area contributed by atoms with E-state index in [-0.39, 0.29) is 6.04 Å². The van der Waals surface area contributed by atoms with Crippen LogP contribution in [0, 0.1) is 6.92 Å². The van der Waals surface area contributed by atoms with Crippen LogP contribution in [-0.4, -0.2) is 16.3 Å².